The van der Waals surface area contributed by atoms with Crippen molar-refractivity contribution >= 4 is 50.2 Å². The van der Waals surface area contributed by atoms with Crippen LogP contribution in [0.3, 0.4) is 0 Å². The molecule has 0 radical (unpaired) electrons. The largest absolute Gasteiger partial charge is 0.269 e. The van der Waals surface area contributed by atoms with E-state index in [1.165, 1.54) is 23.5 Å². The van der Waals surface area contributed by atoms with E-state index < -0.39 is 4.92 Å². The molecule has 4 aromatic rings. The Balaban J connectivity index is 1.87. The number of nitrogens with zero attached hydrogens (tertiary/aromatic N) is 3. The SMILES string of the molecule is Cc1c(-c2ccc([N+](=O)[O-])cc2)sc2nc(-c3cccs3)nc(Cl)c12. The van der Waals surface area contributed by atoms with E-state index in [1.807, 2.05) is 24.4 Å². The maximum absolute atomic E-state index is 10.8. The number of halogens is 1. The molecule has 0 unspecified atom stereocenters. The van der Waals surface area contributed by atoms with E-state index in [2.05, 4.69) is 9.97 Å². The summed E-state index contributed by atoms with van der Waals surface area (Å²) in [5.74, 6) is 0.615. The van der Waals surface area contributed by atoms with E-state index in [0.29, 0.717) is 11.0 Å². The van der Waals surface area contributed by atoms with Crippen LogP contribution in [0.15, 0.2) is 41.8 Å². The normalized spacial score (nSPS) is 11.1. The highest BCUT2D eigenvalue weighted by molar-refractivity contribution is 7.22. The molecule has 3 heterocycles. The fourth-order valence-electron chi connectivity index (χ4n) is 2.62. The molecule has 0 spiro atoms. The second kappa shape index (κ2) is 6.18. The maximum atomic E-state index is 10.8. The Hall–Kier alpha value is -2.35. The number of non-ortho nitro benzene ring substituents is 1. The maximum Gasteiger partial charge on any atom is 0.269 e. The molecule has 25 heavy (non-hydrogen) atoms. The number of rotatable bonds is 3. The van der Waals surface area contributed by atoms with Gasteiger partial charge in [-0.1, -0.05) is 17.7 Å². The molecule has 8 heteroatoms. The van der Waals surface area contributed by atoms with E-state index in [4.69, 9.17) is 11.6 Å². The molecule has 124 valence electrons. The van der Waals surface area contributed by atoms with Gasteiger partial charge >= 0.3 is 0 Å². The van der Waals surface area contributed by atoms with Crippen molar-refractivity contribution in [2.75, 3.05) is 0 Å². The van der Waals surface area contributed by atoms with Crippen molar-refractivity contribution in [3.8, 4) is 21.1 Å². The van der Waals surface area contributed by atoms with Gasteiger partial charge in [0.2, 0.25) is 0 Å². The molecule has 0 aliphatic rings. The summed E-state index contributed by atoms with van der Waals surface area (Å²) in [6, 6.07) is 10.4. The van der Waals surface area contributed by atoms with Crippen LogP contribution in [0.2, 0.25) is 5.15 Å². The van der Waals surface area contributed by atoms with Gasteiger partial charge in [-0.2, -0.15) is 0 Å². The quantitative estimate of drug-likeness (QED) is 0.247. The zero-order valence-electron chi connectivity index (χ0n) is 12.9. The summed E-state index contributed by atoms with van der Waals surface area (Å²) in [6.07, 6.45) is 0. The first-order valence-electron chi connectivity index (χ1n) is 7.30. The topological polar surface area (TPSA) is 68.9 Å². The molecule has 0 amide bonds. The molecule has 0 aliphatic heterocycles. The van der Waals surface area contributed by atoms with Crippen molar-refractivity contribution in [1.82, 2.24) is 9.97 Å². The number of aromatic nitrogens is 2. The van der Waals surface area contributed by atoms with Crippen molar-refractivity contribution in [1.29, 1.82) is 0 Å². The minimum atomic E-state index is -0.406. The summed E-state index contributed by atoms with van der Waals surface area (Å²) in [7, 11) is 0. The molecule has 0 fully saturated rings. The van der Waals surface area contributed by atoms with Crippen LogP contribution >= 0.6 is 34.3 Å². The van der Waals surface area contributed by atoms with E-state index >= 15 is 0 Å². The number of thiophene rings is 2. The molecule has 1 aromatic carbocycles. The third kappa shape index (κ3) is 2.80. The molecule has 0 N–H and O–H groups in total. The predicted octanol–water partition coefficient (Wildman–Crippen LogP) is 5.96. The van der Waals surface area contributed by atoms with Crippen LogP contribution in [0.25, 0.3) is 31.4 Å². The zero-order valence-corrected chi connectivity index (χ0v) is 15.3. The number of nitro groups is 1. The minimum Gasteiger partial charge on any atom is -0.258 e. The third-order valence-electron chi connectivity index (χ3n) is 3.83. The smallest absolute Gasteiger partial charge is 0.258 e. The number of hydrogen-bond acceptors (Lipinski definition) is 6. The van der Waals surface area contributed by atoms with Crippen molar-refractivity contribution in [2.24, 2.45) is 0 Å². The highest BCUT2D eigenvalue weighted by atomic mass is 35.5. The first kappa shape index (κ1) is 16.1. The van der Waals surface area contributed by atoms with Crippen LogP contribution in [-0.2, 0) is 0 Å². The van der Waals surface area contributed by atoms with E-state index in [-0.39, 0.29) is 5.69 Å². The molecule has 4 rings (SSSR count). The molecule has 0 atom stereocenters. The van der Waals surface area contributed by atoms with Crippen molar-refractivity contribution in [3.63, 3.8) is 0 Å². The number of hydrogen-bond donors (Lipinski definition) is 0. The second-order valence-electron chi connectivity index (χ2n) is 5.36. The van der Waals surface area contributed by atoms with Gasteiger partial charge in [0.15, 0.2) is 5.82 Å². The lowest BCUT2D eigenvalue weighted by atomic mass is 10.1. The van der Waals surface area contributed by atoms with Gasteiger partial charge in [0.1, 0.15) is 9.98 Å². The van der Waals surface area contributed by atoms with Gasteiger partial charge in [0.25, 0.3) is 5.69 Å². The fourth-order valence-corrected chi connectivity index (χ4v) is 4.83. The van der Waals surface area contributed by atoms with Crippen molar-refractivity contribution in [3.05, 3.63) is 62.6 Å². The predicted molar refractivity (Wildman–Crippen MR) is 103 cm³/mol. The van der Waals surface area contributed by atoms with E-state index in [1.54, 1.807) is 23.5 Å². The van der Waals surface area contributed by atoms with Gasteiger partial charge in [0, 0.05) is 17.0 Å². The summed E-state index contributed by atoms with van der Waals surface area (Å²) in [4.78, 5) is 22.3. The first-order valence-corrected chi connectivity index (χ1v) is 9.37. The van der Waals surface area contributed by atoms with Crippen LogP contribution in [0.4, 0.5) is 5.69 Å². The van der Waals surface area contributed by atoms with Crippen LogP contribution < -0.4 is 0 Å². The highest BCUT2D eigenvalue weighted by Crippen LogP contribution is 2.41. The Labute approximate surface area is 155 Å². The van der Waals surface area contributed by atoms with Crippen LogP contribution in [0, 0.1) is 17.0 Å². The average Bonchev–Trinajstić information content (AvgIpc) is 3.23. The second-order valence-corrected chi connectivity index (χ2v) is 7.66. The molecule has 0 saturated carbocycles. The Kier molecular flexibility index (Phi) is 3.99. The number of benzene rings is 1. The van der Waals surface area contributed by atoms with Crippen LogP contribution in [-0.4, -0.2) is 14.9 Å². The van der Waals surface area contributed by atoms with Crippen molar-refractivity contribution in [2.45, 2.75) is 6.92 Å². The third-order valence-corrected chi connectivity index (χ3v) is 6.20. The Morgan fingerprint density at radius 3 is 2.56 bits per heavy atom. The average molecular weight is 388 g/mol. The minimum absolute atomic E-state index is 0.0697. The summed E-state index contributed by atoms with van der Waals surface area (Å²) in [6.45, 7) is 1.97. The lowest BCUT2D eigenvalue weighted by molar-refractivity contribution is -0.384. The fraction of sp³-hybridized carbons (Fsp3) is 0.0588. The molecule has 0 aliphatic carbocycles. The summed E-state index contributed by atoms with van der Waals surface area (Å²) >= 11 is 9.50. The number of aryl methyl sites for hydroxylation is 1. The Morgan fingerprint density at radius 1 is 1.16 bits per heavy atom. The van der Waals surface area contributed by atoms with Gasteiger partial charge in [-0.3, -0.25) is 10.1 Å². The van der Waals surface area contributed by atoms with Gasteiger partial charge in [-0.05, 0) is 41.6 Å². The zero-order chi connectivity index (χ0) is 17.6. The molecular formula is C17H10ClN3O2S2. The van der Waals surface area contributed by atoms with Gasteiger partial charge in [-0.15, -0.1) is 22.7 Å². The molecule has 0 bridgehead atoms. The molecule has 5 nitrogen and oxygen atoms in total. The molecule has 0 saturated heterocycles. The van der Waals surface area contributed by atoms with E-state index in [0.717, 1.165) is 31.1 Å². The van der Waals surface area contributed by atoms with Crippen LogP contribution in [0.5, 0.6) is 0 Å². The monoisotopic (exact) mass is 387 g/mol. The lowest BCUT2D eigenvalue weighted by Crippen LogP contribution is -1.88. The van der Waals surface area contributed by atoms with Gasteiger partial charge < -0.3 is 0 Å². The molecule has 3 aromatic heterocycles. The Morgan fingerprint density at radius 2 is 1.92 bits per heavy atom. The summed E-state index contributed by atoms with van der Waals surface area (Å²) in [5, 5.41) is 14.1. The number of nitro benzene ring substituents is 1. The van der Waals surface area contributed by atoms with Crippen LogP contribution in [0.1, 0.15) is 5.56 Å². The van der Waals surface area contributed by atoms with Gasteiger partial charge in [-0.25, -0.2) is 9.97 Å². The lowest BCUT2D eigenvalue weighted by Gasteiger charge is -2.01. The highest BCUT2D eigenvalue weighted by Gasteiger charge is 2.18. The standard InChI is InChI=1S/C17H10ClN3O2S2/c1-9-13-15(18)19-16(12-3-2-8-24-12)20-17(13)25-14(9)10-4-6-11(7-5-10)21(22)23/h2-8H,1H3. The summed E-state index contributed by atoms with van der Waals surface area (Å²) in [5.41, 5.74) is 1.96. The number of fused-ring (bicyclic) bond motifs is 1. The molecular weight excluding hydrogens is 378 g/mol. The van der Waals surface area contributed by atoms with Gasteiger partial charge in [0.05, 0.1) is 15.2 Å². The first-order chi connectivity index (χ1) is 12.0. The summed E-state index contributed by atoms with van der Waals surface area (Å²) < 4.78 is 0. The Bertz CT molecular complexity index is 1090. The van der Waals surface area contributed by atoms with E-state index in [9.17, 15) is 10.1 Å². The van der Waals surface area contributed by atoms with Crippen molar-refractivity contribution < 1.29 is 4.92 Å².